The quantitative estimate of drug-likeness (QED) is 0.414. The molecule has 0 aliphatic heterocycles. The second-order valence-electron chi connectivity index (χ2n) is 5.39. The van der Waals surface area contributed by atoms with Crippen LogP contribution in [-0.4, -0.2) is 12.5 Å². The van der Waals surface area contributed by atoms with Gasteiger partial charge in [-0.3, -0.25) is 4.79 Å². The number of carbonyl (C=O) groups excluding carboxylic acids is 1. The number of hydrogen-bond donors (Lipinski definition) is 0. The molecule has 0 saturated heterocycles. The number of allylic oxidation sites excluding steroid dienone is 1. The summed E-state index contributed by atoms with van der Waals surface area (Å²) >= 11 is 8.06. The average Bonchev–Trinajstić information content (AvgIpc) is 2.51. The fraction of sp³-hybridized carbons (Fsp3) is 0.167. The summed E-state index contributed by atoms with van der Waals surface area (Å²) in [6, 6.07) is 8.14. The summed E-state index contributed by atoms with van der Waals surface area (Å²) in [5.74, 6) is -1.65. The lowest BCUT2D eigenvalue weighted by atomic mass is 10.1. The lowest BCUT2D eigenvalue weighted by Crippen LogP contribution is -2.33. The van der Waals surface area contributed by atoms with Crippen LogP contribution in [0.1, 0.15) is 24.2 Å². The van der Waals surface area contributed by atoms with Crippen LogP contribution < -0.4 is 4.90 Å². The molecule has 2 rings (SSSR count). The van der Waals surface area contributed by atoms with Crippen molar-refractivity contribution in [3.05, 3.63) is 73.8 Å². The normalized spacial score (nSPS) is 10.4. The van der Waals surface area contributed by atoms with Gasteiger partial charge in [0, 0.05) is 10.1 Å². The molecule has 0 heterocycles. The number of benzene rings is 2. The Balaban J connectivity index is 2.56. The molecule has 6 heteroatoms. The van der Waals surface area contributed by atoms with E-state index in [4.69, 9.17) is 11.6 Å². The number of nitrogens with zero attached hydrogens (tertiary/aromatic N) is 1. The fourth-order valence-electron chi connectivity index (χ4n) is 2.10. The third-order valence-electron chi connectivity index (χ3n) is 3.29. The zero-order chi connectivity index (χ0) is 17.9. The minimum atomic E-state index is -0.607. The number of amides is 1. The van der Waals surface area contributed by atoms with Crippen LogP contribution in [0.3, 0.4) is 0 Å². The first-order valence-electron chi connectivity index (χ1n) is 7.15. The molecule has 126 valence electrons. The Kier molecular flexibility index (Phi) is 6.34. The van der Waals surface area contributed by atoms with Crippen LogP contribution >= 0.6 is 34.2 Å². The monoisotopic (exact) mass is 461 g/mol. The molecular weight excluding hydrogens is 447 g/mol. The topological polar surface area (TPSA) is 20.3 Å². The molecule has 2 nitrogen and oxygen atoms in total. The number of hydrogen-bond acceptors (Lipinski definition) is 1. The van der Waals surface area contributed by atoms with Crippen molar-refractivity contribution in [1.82, 2.24) is 0 Å². The Morgan fingerprint density at radius 1 is 1.25 bits per heavy atom. The van der Waals surface area contributed by atoms with E-state index in [-0.39, 0.29) is 22.8 Å². The Morgan fingerprint density at radius 2 is 1.96 bits per heavy atom. The zero-order valence-corrected chi connectivity index (χ0v) is 16.0. The lowest BCUT2D eigenvalue weighted by Gasteiger charge is -2.24. The summed E-state index contributed by atoms with van der Waals surface area (Å²) in [7, 11) is 0. The molecule has 0 bridgehead atoms. The predicted molar refractivity (Wildman–Crippen MR) is 102 cm³/mol. The lowest BCUT2D eigenvalue weighted by molar-refractivity contribution is 0.0987. The minimum absolute atomic E-state index is 0.0123. The van der Waals surface area contributed by atoms with Crippen molar-refractivity contribution >= 4 is 45.8 Å². The van der Waals surface area contributed by atoms with Gasteiger partial charge in [0.1, 0.15) is 11.6 Å². The molecule has 24 heavy (non-hydrogen) atoms. The van der Waals surface area contributed by atoms with E-state index in [1.807, 2.05) is 36.4 Å². The van der Waals surface area contributed by atoms with E-state index in [1.54, 1.807) is 6.08 Å². The van der Waals surface area contributed by atoms with Gasteiger partial charge in [0.2, 0.25) is 0 Å². The van der Waals surface area contributed by atoms with E-state index in [2.05, 4.69) is 0 Å². The van der Waals surface area contributed by atoms with E-state index in [0.29, 0.717) is 3.57 Å². The Hall–Kier alpha value is -1.47. The SMILES string of the molecule is CC(C)=CCN(C(=O)c1cc(F)ccc1I)c1c(F)cccc1Cl. The summed E-state index contributed by atoms with van der Waals surface area (Å²) in [6.07, 6.45) is 1.78. The number of rotatable bonds is 4. The van der Waals surface area contributed by atoms with Gasteiger partial charge in [-0.1, -0.05) is 29.3 Å². The molecule has 2 aromatic rings. The first-order chi connectivity index (χ1) is 11.3. The summed E-state index contributed by atoms with van der Waals surface area (Å²) < 4.78 is 28.4. The van der Waals surface area contributed by atoms with Gasteiger partial charge in [0.05, 0.1) is 16.3 Å². The molecule has 0 aliphatic rings. The highest BCUT2D eigenvalue weighted by Gasteiger charge is 2.24. The van der Waals surface area contributed by atoms with Crippen molar-refractivity contribution in [2.45, 2.75) is 13.8 Å². The third-order valence-corrected chi connectivity index (χ3v) is 4.54. The van der Waals surface area contributed by atoms with Gasteiger partial charge in [0.25, 0.3) is 5.91 Å². The summed E-state index contributed by atoms with van der Waals surface area (Å²) in [4.78, 5) is 14.2. The Bertz CT molecular complexity index is 783. The largest absolute Gasteiger partial charge is 0.300 e. The Morgan fingerprint density at radius 3 is 2.58 bits per heavy atom. The second kappa shape index (κ2) is 8.07. The third kappa shape index (κ3) is 4.33. The highest BCUT2D eigenvalue weighted by Crippen LogP contribution is 2.31. The van der Waals surface area contributed by atoms with E-state index in [1.165, 1.54) is 35.2 Å². The number of para-hydroxylation sites is 1. The van der Waals surface area contributed by atoms with Crippen LogP contribution in [0.25, 0.3) is 0 Å². The van der Waals surface area contributed by atoms with Gasteiger partial charge in [0.15, 0.2) is 0 Å². The summed E-state index contributed by atoms with van der Waals surface area (Å²) in [6.45, 7) is 3.88. The highest BCUT2D eigenvalue weighted by molar-refractivity contribution is 14.1. The number of halogens is 4. The van der Waals surface area contributed by atoms with Gasteiger partial charge in [-0.25, -0.2) is 8.78 Å². The molecule has 0 aromatic heterocycles. The van der Waals surface area contributed by atoms with Crippen LogP contribution in [0.5, 0.6) is 0 Å². The van der Waals surface area contributed by atoms with Crippen molar-refractivity contribution in [2.24, 2.45) is 0 Å². The van der Waals surface area contributed by atoms with Gasteiger partial charge in [-0.05, 0) is 66.8 Å². The first-order valence-corrected chi connectivity index (χ1v) is 8.61. The minimum Gasteiger partial charge on any atom is -0.300 e. The van der Waals surface area contributed by atoms with Crippen molar-refractivity contribution in [1.29, 1.82) is 0 Å². The molecule has 0 N–H and O–H groups in total. The molecule has 0 aliphatic carbocycles. The molecule has 0 spiro atoms. The van der Waals surface area contributed by atoms with E-state index >= 15 is 0 Å². The van der Waals surface area contributed by atoms with Crippen LogP contribution in [-0.2, 0) is 0 Å². The predicted octanol–water partition coefficient (Wildman–Crippen LogP) is 5.84. The number of carbonyl (C=O) groups is 1. The molecule has 0 fully saturated rings. The van der Waals surface area contributed by atoms with E-state index < -0.39 is 17.5 Å². The number of anilines is 1. The zero-order valence-electron chi connectivity index (χ0n) is 13.1. The second-order valence-corrected chi connectivity index (χ2v) is 6.96. The molecule has 0 atom stereocenters. The van der Waals surface area contributed by atoms with Crippen molar-refractivity contribution < 1.29 is 13.6 Å². The maximum Gasteiger partial charge on any atom is 0.259 e. The van der Waals surface area contributed by atoms with Crippen LogP contribution in [0, 0.1) is 15.2 Å². The molecule has 2 aromatic carbocycles. The van der Waals surface area contributed by atoms with Crippen LogP contribution in [0.2, 0.25) is 5.02 Å². The van der Waals surface area contributed by atoms with Crippen molar-refractivity contribution in [3.63, 3.8) is 0 Å². The smallest absolute Gasteiger partial charge is 0.259 e. The molecule has 0 radical (unpaired) electrons. The molecular formula is C18H15ClF2INO. The van der Waals surface area contributed by atoms with Crippen molar-refractivity contribution in [2.75, 3.05) is 11.4 Å². The van der Waals surface area contributed by atoms with E-state index in [9.17, 15) is 13.6 Å². The van der Waals surface area contributed by atoms with Crippen molar-refractivity contribution in [3.8, 4) is 0 Å². The summed E-state index contributed by atoms with van der Waals surface area (Å²) in [5, 5.41) is 0.122. The van der Waals surface area contributed by atoms with Gasteiger partial charge in [-0.15, -0.1) is 0 Å². The summed E-state index contributed by atoms with van der Waals surface area (Å²) in [5.41, 5.74) is 1.12. The fourth-order valence-corrected chi connectivity index (χ4v) is 2.93. The molecule has 0 unspecified atom stereocenters. The first kappa shape index (κ1) is 18.9. The van der Waals surface area contributed by atoms with Crippen LogP contribution in [0.4, 0.5) is 14.5 Å². The van der Waals surface area contributed by atoms with Crippen LogP contribution in [0.15, 0.2) is 48.0 Å². The molecule has 1 amide bonds. The van der Waals surface area contributed by atoms with Gasteiger partial charge < -0.3 is 4.90 Å². The standard InChI is InChI=1S/C18H15ClF2INO/c1-11(2)8-9-23(17-14(19)4-3-5-15(17)21)18(24)13-10-12(20)6-7-16(13)22/h3-8,10H,9H2,1-2H3. The Labute approximate surface area is 158 Å². The molecule has 0 saturated carbocycles. The van der Waals surface area contributed by atoms with Gasteiger partial charge >= 0.3 is 0 Å². The maximum absolute atomic E-state index is 14.3. The van der Waals surface area contributed by atoms with E-state index in [0.717, 1.165) is 11.6 Å². The van der Waals surface area contributed by atoms with Gasteiger partial charge in [-0.2, -0.15) is 0 Å². The average molecular weight is 462 g/mol. The maximum atomic E-state index is 14.3. The highest BCUT2D eigenvalue weighted by atomic mass is 127.